The molecule has 0 saturated carbocycles. The maximum Gasteiger partial charge on any atom is 0.267 e. The van der Waals surface area contributed by atoms with Gasteiger partial charge in [-0.3, -0.25) is 9.36 Å². The van der Waals surface area contributed by atoms with E-state index in [1.165, 1.54) is 10.4 Å². The molecule has 4 rings (SSSR count). The van der Waals surface area contributed by atoms with Crippen molar-refractivity contribution in [3.8, 4) is 5.69 Å². The molecule has 0 fully saturated rings. The smallest absolute Gasteiger partial charge is 0.267 e. The molecule has 1 aliphatic carbocycles. The van der Waals surface area contributed by atoms with E-state index in [1.807, 2.05) is 24.3 Å². The van der Waals surface area contributed by atoms with Gasteiger partial charge < -0.3 is 0 Å². The van der Waals surface area contributed by atoms with Gasteiger partial charge in [-0.1, -0.05) is 37.2 Å². The summed E-state index contributed by atoms with van der Waals surface area (Å²) in [5.74, 6) is 1.55. The third-order valence-electron chi connectivity index (χ3n) is 4.66. The average Bonchev–Trinajstić information content (AvgIpc) is 2.94. The highest BCUT2D eigenvalue weighted by atomic mass is 35.5. The van der Waals surface area contributed by atoms with Crippen LogP contribution in [0, 0.1) is 5.92 Å². The fraction of sp³-hybridized carbons (Fsp3) is 0.368. The third kappa shape index (κ3) is 3.03. The summed E-state index contributed by atoms with van der Waals surface area (Å²) in [7, 11) is 0. The maximum atomic E-state index is 13.4. The van der Waals surface area contributed by atoms with Crippen molar-refractivity contribution in [1.82, 2.24) is 9.55 Å². The van der Waals surface area contributed by atoms with Crippen molar-refractivity contribution in [2.45, 2.75) is 38.3 Å². The van der Waals surface area contributed by atoms with Crippen LogP contribution >= 0.6 is 34.7 Å². The van der Waals surface area contributed by atoms with Crippen LogP contribution in [0.5, 0.6) is 0 Å². The fourth-order valence-electron chi connectivity index (χ4n) is 3.42. The first-order valence-electron chi connectivity index (χ1n) is 8.54. The number of thiophene rings is 1. The Kier molecular flexibility index (Phi) is 4.65. The van der Waals surface area contributed by atoms with Crippen LogP contribution in [0.4, 0.5) is 0 Å². The lowest BCUT2D eigenvalue weighted by atomic mass is 9.89. The van der Waals surface area contributed by atoms with E-state index < -0.39 is 0 Å². The molecule has 1 aliphatic rings. The Morgan fingerprint density at radius 2 is 2.12 bits per heavy atom. The number of benzene rings is 1. The molecule has 0 amide bonds. The summed E-state index contributed by atoms with van der Waals surface area (Å²) >= 11 is 9.33. The van der Waals surface area contributed by atoms with Gasteiger partial charge in [0.05, 0.1) is 11.1 Å². The minimum absolute atomic E-state index is 0.0512. The minimum Gasteiger partial charge on any atom is -0.268 e. The van der Waals surface area contributed by atoms with Gasteiger partial charge in [-0.25, -0.2) is 4.98 Å². The molecular formula is C19H19ClN2OS2. The summed E-state index contributed by atoms with van der Waals surface area (Å²) < 4.78 is 1.75. The quantitative estimate of drug-likeness (QED) is 0.447. The molecule has 0 aliphatic heterocycles. The molecule has 3 nitrogen and oxygen atoms in total. The van der Waals surface area contributed by atoms with Crippen molar-refractivity contribution in [3.63, 3.8) is 0 Å². The topological polar surface area (TPSA) is 34.9 Å². The molecule has 6 heteroatoms. The molecule has 0 spiro atoms. The molecule has 1 unspecified atom stereocenters. The van der Waals surface area contributed by atoms with Crippen LogP contribution in [-0.2, 0) is 12.8 Å². The van der Waals surface area contributed by atoms with E-state index in [0.29, 0.717) is 10.9 Å². The number of thioether (sulfide) groups is 1. The molecular weight excluding hydrogens is 372 g/mol. The van der Waals surface area contributed by atoms with Gasteiger partial charge in [0.25, 0.3) is 5.56 Å². The lowest BCUT2D eigenvalue weighted by Crippen LogP contribution is -2.22. The van der Waals surface area contributed by atoms with Gasteiger partial charge in [-0.05, 0) is 60.8 Å². The Bertz CT molecular complexity index is 991. The fourth-order valence-corrected chi connectivity index (χ4v) is 5.70. The summed E-state index contributed by atoms with van der Waals surface area (Å²) in [6, 6.07) is 7.41. The summed E-state index contributed by atoms with van der Waals surface area (Å²) in [4.78, 5) is 20.5. The normalized spacial score (nSPS) is 17.0. The van der Waals surface area contributed by atoms with E-state index in [2.05, 4.69) is 13.8 Å². The standard InChI is InChI=1S/C19H19ClN2OS2/c1-3-24-19-21-17-16(14-9-4-11(2)10-15(14)25-17)18(23)22(19)13-7-5-12(20)6-8-13/h5-8,11H,3-4,9-10H2,1-2H3. The zero-order valence-corrected chi connectivity index (χ0v) is 16.6. The van der Waals surface area contributed by atoms with Crippen LogP contribution in [0.25, 0.3) is 15.9 Å². The second kappa shape index (κ2) is 6.78. The van der Waals surface area contributed by atoms with Gasteiger partial charge in [0.1, 0.15) is 4.83 Å². The van der Waals surface area contributed by atoms with Crippen LogP contribution in [0.2, 0.25) is 5.02 Å². The van der Waals surface area contributed by atoms with Crippen LogP contribution in [0.15, 0.2) is 34.2 Å². The van der Waals surface area contributed by atoms with Crippen molar-refractivity contribution in [3.05, 3.63) is 50.1 Å². The first-order chi connectivity index (χ1) is 12.1. The Balaban J connectivity index is 2.00. The first-order valence-corrected chi connectivity index (χ1v) is 10.7. The van der Waals surface area contributed by atoms with E-state index >= 15 is 0 Å². The Hall–Kier alpha value is -1.30. The lowest BCUT2D eigenvalue weighted by Gasteiger charge is -2.17. The van der Waals surface area contributed by atoms with Gasteiger partial charge in [0.2, 0.25) is 0 Å². The number of nitrogens with zero attached hydrogens (tertiary/aromatic N) is 2. The molecule has 130 valence electrons. The molecule has 0 N–H and O–H groups in total. The largest absolute Gasteiger partial charge is 0.268 e. The van der Waals surface area contributed by atoms with E-state index in [1.54, 1.807) is 27.7 Å². The monoisotopic (exact) mass is 390 g/mol. The predicted molar refractivity (Wildman–Crippen MR) is 108 cm³/mol. The van der Waals surface area contributed by atoms with Gasteiger partial charge in [-0.15, -0.1) is 11.3 Å². The number of halogens is 1. The van der Waals surface area contributed by atoms with Crippen LogP contribution in [0.1, 0.15) is 30.7 Å². The van der Waals surface area contributed by atoms with Gasteiger partial charge in [0, 0.05) is 9.90 Å². The molecule has 25 heavy (non-hydrogen) atoms. The van der Waals surface area contributed by atoms with Crippen molar-refractivity contribution >= 4 is 44.9 Å². The summed E-state index contributed by atoms with van der Waals surface area (Å²) in [6.07, 6.45) is 3.19. The summed E-state index contributed by atoms with van der Waals surface area (Å²) in [6.45, 7) is 4.36. The zero-order valence-electron chi connectivity index (χ0n) is 14.2. The maximum absolute atomic E-state index is 13.4. The van der Waals surface area contributed by atoms with Crippen molar-refractivity contribution in [2.24, 2.45) is 5.92 Å². The second-order valence-corrected chi connectivity index (χ2v) is 9.23. The molecule has 2 heterocycles. The minimum atomic E-state index is 0.0512. The lowest BCUT2D eigenvalue weighted by molar-refractivity contribution is 0.509. The Morgan fingerprint density at radius 3 is 2.84 bits per heavy atom. The molecule has 3 aromatic rings. The number of fused-ring (bicyclic) bond motifs is 3. The molecule has 0 saturated heterocycles. The molecule has 2 aromatic heterocycles. The number of aryl methyl sites for hydroxylation is 1. The van der Waals surface area contributed by atoms with Gasteiger partial charge in [-0.2, -0.15) is 0 Å². The van der Waals surface area contributed by atoms with Crippen LogP contribution in [-0.4, -0.2) is 15.3 Å². The van der Waals surface area contributed by atoms with E-state index in [0.717, 1.165) is 46.1 Å². The first kappa shape index (κ1) is 17.1. The molecule has 1 aromatic carbocycles. The molecule has 0 radical (unpaired) electrons. The van der Waals surface area contributed by atoms with Gasteiger partial charge >= 0.3 is 0 Å². The van der Waals surface area contributed by atoms with E-state index in [9.17, 15) is 4.79 Å². The predicted octanol–water partition coefficient (Wildman–Crippen LogP) is 5.34. The second-order valence-electron chi connectivity index (χ2n) is 6.48. The van der Waals surface area contributed by atoms with Crippen molar-refractivity contribution in [2.75, 3.05) is 5.75 Å². The number of hydrogen-bond donors (Lipinski definition) is 0. The zero-order chi connectivity index (χ0) is 17.6. The average molecular weight is 391 g/mol. The van der Waals surface area contributed by atoms with Crippen LogP contribution < -0.4 is 5.56 Å². The highest BCUT2D eigenvalue weighted by Gasteiger charge is 2.25. The van der Waals surface area contributed by atoms with Crippen LogP contribution in [0.3, 0.4) is 0 Å². The van der Waals surface area contributed by atoms with E-state index in [4.69, 9.17) is 16.6 Å². The third-order valence-corrected chi connectivity index (χ3v) is 6.88. The Labute approximate surface area is 160 Å². The highest BCUT2D eigenvalue weighted by molar-refractivity contribution is 7.99. The van der Waals surface area contributed by atoms with Gasteiger partial charge in [0.15, 0.2) is 5.16 Å². The number of aromatic nitrogens is 2. The molecule has 0 bridgehead atoms. The molecule has 1 atom stereocenters. The highest BCUT2D eigenvalue weighted by Crippen LogP contribution is 2.37. The Morgan fingerprint density at radius 1 is 1.36 bits per heavy atom. The van der Waals surface area contributed by atoms with Crippen molar-refractivity contribution < 1.29 is 0 Å². The van der Waals surface area contributed by atoms with Crippen molar-refractivity contribution in [1.29, 1.82) is 0 Å². The summed E-state index contributed by atoms with van der Waals surface area (Å²) in [5.41, 5.74) is 2.10. The SMILES string of the molecule is CCSc1nc2sc3c(c2c(=O)n1-c1ccc(Cl)cc1)CCC(C)C3. The van der Waals surface area contributed by atoms with E-state index in [-0.39, 0.29) is 5.56 Å². The number of hydrogen-bond acceptors (Lipinski definition) is 4. The summed E-state index contributed by atoms with van der Waals surface area (Å²) in [5, 5.41) is 2.24. The number of rotatable bonds is 3.